The Morgan fingerprint density at radius 2 is 1.81 bits per heavy atom. The zero-order valence-corrected chi connectivity index (χ0v) is 14.1. The van der Waals surface area contributed by atoms with E-state index in [1.807, 2.05) is 67.7 Å². The van der Waals surface area contributed by atoms with Crippen molar-refractivity contribution >= 4 is 18.0 Å². The van der Waals surface area contributed by atoms with E-state index in [1.54, 1.807) is 4.68 Å². The summed E-state index contributed by atoms with van der Waals surface area (Å²) in [5, 5.41) is 8.47. The maximum atomic E-state index is 11.2. The number of carbonyl (C=O) groups is 2. The van der Waals surface area contributed by atoms with Gasteiger partial charge in [-0.25, -0.2) is 10.1 Å². The maximum Gasteiger partial charge on any atom is 0.329 e. The number of primary amides is 1. The molecule has 0 saturated carbocycles. The monoisotopic (exact) mass is 347 g/mol. The van der Waals surface area contributed by atoms with Crippen LogP contribution >= 0.6 is 0 Å². The van der Waals surface area contributed by atoms with Crippen LogP contribution in [0, 0.1) is 6.92 Å². The number of para-hydroxylation sites is 1. The first-order valence-corrected chi connectivity index (χ1v) is 7.90. The summed E-state index contributed by atoms with van der Waals surface area (Å²) < 4.78 is 1.76. The van der Waals surface area contributed by atoms with Crippen molar-refractivity contribution in [2.45, 2.75) is 6.92 Å². The Labute approximate surface area is 150 Å². The molecule has 0 saturated heterocycles. The summed E-state index contributed by atoms with van der Waals surface area (Å²) in [4.78, 5) is 22.0. The largest absolute Gasteiger partial charge is 0.361 e. The summed E-state index contributed by atoms with van der Waals surface area (Å²) in [6, 6.07) is 17.5. The molecular weight excluding hydrogens is 330 g/mol. The molecule has 0 bridgehead atoms. The van der Waals surface area contributed by atoms with Crippen LogP contribution in [0.4, 0.5) is 0 Å². The summed E-state index contributed by atoms with van der Waals surface area (Å²) in [5.41, 5.74) is 11.3. The highest BCUT2D eigenvalue weighted by Crippen LogP contribution is 2.23. The Kier molecular flexibility index (Phi) is 4.89. The molecule has 2 amide bonds. The van der Waals surface area contributed by atoms with Gasteiger partial charge in [0.1, 0.15) is 5.69 Å². The number of hydrogen-bond acceptors (Lipinski definition) is 4. The number of aryl methyl sites for hydroxylation is 1. The minimum atomic E-state index is -1.10. The Morgan fingerprint density at radius 1 is 1.12 bits per heavy atom. The van der Waals surface area contributed by atoms with Crippen LogP contribution in [0.25, 0.3) is 16.9 Å². The first kappa shape index (κ1) is 17.1. The molecule has 7 heteroatoms. The maximum absolute atomic E-state index is 11.2. The molecule has 3 N–H and O–H groups in total. The lowest BCUT2D eigenvalue weighted by molar-refractivity contribution is -0.137. The molecule has 3 aromatic rings. The van der Waals surface area contributed by atoms with Crippen molar-refractivity contribution in [1.29, 1.82) is 0 Å². The molecular formula is C19H17N5O2. The van der Waals surface area contributed by atoms with Crippen LogP contribution in [0.1, 0.15) is 11.1 Å². The predicted molar refractivity (Wildman–Crippen MR) is 98.7 cm³/mol. The number of hydrazone groups is 1. The number of nitrogens with one attached hydrogen (secondary N) is 1. The number of benzene rings is 2. The van der Waals surface area contributed by atoms with E-state index in [4.69, 9.17) is 5.73 Å². The lowest BCUT2D eigenvalue weighted by Crippen LogP contribution is -2.32. The Morgan fingerprint density at radius 3 is 2.50 bits per heavy atom. The minimum Gasteiger partial charge on any atom is -0.361 e. The summed E-state index contributed by atoms with van der Waals surface area (Å²) in [6.07, 6.45) is 3.25. The normalized spacial score (nSPS) is 10.8. The second kappa shape index (κ2) is 7.43. The van der Waals surface area contributed by atoms with Gasteiger partial charge in [-0.2, -0.15) is 10.2 Å². The van der Waals surface area contributed by atoms with Gasteiger partial charge in [0.15, 0.2) is 0 Å². The molecule has 1 aromatic heterocycles. The molecule has 1 heterocycles. The van der Waals surface area contributed by atoms with Crippen molar-refractivity contribution in [2.75, 3.05) is 0 Å². The Hall–Kier alpha value is -3.74. The first-order valence-electron chi connectivity index (χ1n) is 7.90. The van der Waals surface area contributed by atoms with Gasteiger partial charge >= 0.3 is 11.8 Å². The smallest absolute Gasteiger partial charge is 0.329 e. The molecule has 0 radical (unpaired) electrons. The highest BCUT2D eigenvalue weighted by molar-refractivity contribution is 6.34. The van der Waals surface area contributed by atoms with Gasteiger partial charge in [-0.1, -0.05) is 48.5 Å². The number of hydrogen-bond donors (Lipinski definition) is 2. The van der Waals surface area contributed by atoms with Gasteiger partial charge in [0.25, 0.3) is 0 Å². The van der Waals surface area contributed by atoms with E-state index in [9.17, 15) is 9.59 Å². The number of amides is 2. The standard InChI is InChI=1S/C19H17N5O2/c1-13-7-5-6-10-16(13)24-12-15(11-21-22-19(26)18(20)25)17(23-24)14-8-3-2-4-9-14/h2-12H,1H3,(H2,20,25)(H,22,26)/b21-11-. The van der Waals surface area contributed by atoms with E-state index in [2.05, 4.69) is 15.6 Å². The van der Waals surface area contributed by atoms with Crippen LogP contribution in [0.2, 0.25) is 0 Å². The summed E-state index contributed by atoms with van der Waals surface area (Å²) in [5.74, 6) is -2.07. The molecule has 130 valence electrons. The third-order valence-corrected chi connectivity index (χ3v) is 3.75. The van der Waals surface area contributed by atoms with Gasteiger partial charge in [0, 0.05) is 17.3 Å². The average Bonchev–Trinajstić information content (AvgIpc) is 3.06. The molecule has 0 unspecified atom stereocenters. The Balaban J connectivity index is 2.01. The summed E-state index contributed by atoms with van der Waals surface area (Å²) in [6.45, 7) is 2.00. The lowest BCUT2D eigenvalue weighted by Gasteiger charge is -2.04. The molecule has 2 aromatic carbocycles. The number of nitrogens with zero attached hydrogens (tertiary/aromatic N) is 3. The van der Waals surface area contributed by atoms with E-state index < -0.39 is 11.8 Å². The molecule has 26 heavy (non-hydrogen) atoms. The van der Waals surface area contributed by atoms with Crippen LogP contribution in [0.3, 0.4) is 0 Å². The molecule has 0 aliphatic heterocycles. The third-order valence-electron chi connectivity index (χ3n) is 3.75. The highest BCUT2D eigenvalue weighted by atomic mass is 16.2. The third kappa shape index (κ3) is 3.67. The van der Waals surface area contributed by atoms with Crippen molar-refractivity contribution in [3.05, 3.63) is 71.9 Å². The quantitative estimate of drug-likeness (QED) is 0.427. The number of carbonyl (C=O) groups excluding carboxylic acids is 2. The Bertz CT molecular complexity index is 977. The van der Waals surface area contributed by atoms with Crippen LogP contribution in [0.5, 0.6) is 0 Å². The number of rotatable bonds is 4. The fourth-order valence-corrected chi connectivity index (χ4v) is 2.46. The van der Waals surface area contributed by atoms with E-state index in [-0.39, 0.29) is 0 Å². The molecule has 0 aliphatic carbocycles. The van der Waals surface area contributed by atoms with Crippen molar-refractivity contribution in [3.8, 4) is 16.9 Å². The van der Waals surface area contributed by atoms with Crippen molar-refractivity contribution in [1.82, 2.24) is 15.2 Å². The second-order valence-electron chi connectivity index (χ2n) is 5.59. The average molecular weight is 347 g/mol. The van der Waals surface area contributed by atoms with Crippen molar-refractivity contribution < 1.29 is 9.59 Å². The minimum absolute atomic E-state index is 0.684. The van der Waals surface area contributed by atoms with Gasteiger partial charge in [0.2, 0.25) is 0 Å². The van der Waals surface area contributed by atoms with E-state index in [1.165, 1.54) is 6.21 Å². The van der Waals surface area contributed by atoms with Crippen molar-refractivity contribution in [2.24, 2.45) is 10.8 Å². The number of nitrogens with two attached hydrogens (primary N) is 1. The highest BCUT2D eigenvalue weighted by Gasteiger charge is 2.12. The van der Waals surface area contributed by atoms with E-state index >= 15 is 0 Å². The SMILES string of the molecule is Cc1ccccc1-n1cc(/C=N\NC(=O)C(N)=O)c(-c2ccccc2)n1. The fraction of sp³-hybridized carbons (Fsp3) is 0.0526. The molecule has 0 fully saturated rings. The van der Waals surface area contributed by atoms with E-state index in [0.717, 1.165) is 16.8 Å². The molecule has 0 spiro atoms. The lowest BCUT2D eigenvalue weighted by atomic mass is 10.1. The molecule has 0 atom stereocenters. The molecule has 7 nitrogen and oxygen atoms in total. The van der Waals surface area contributed by atoms with Crippen LogP contribution < -0.4 is 11.2 Å². The van der Waals surface area contributed by atoms with Gasteiger partial charge in [-0.15, -0.1) is 0 Å². The fourth-order valence-electron chi connectivity index (χ4n) is 2.46. The zero-order chi connectivity index (χ0) is 18.5. The number of aromatic nitrogens is 2. The van der Waals surface area contributed by atoms with Gasteiger partial charge in [-0.05, 0) is 18.6 Å². The van der Waals surface area contributed by atoms with Crippen LogP contribution in [0.15, 0.2) is 65.9 Å². The van der Waals surface area contributed by atoms with E-state index in [0.29, 0.717) is 11.3 Å². The molecule has 3 rings (SSSR count). The topological polar surface area (TPSA) is 102 Å². The zero-order valence-electron chi connectivity index (χ0n) is 14.1. The predicted octanol–water partition coefficient (Wildman–Crippen LogP) is 1.78. The van der Waals surface area contributed by atoms with Gasteiger partial charge < -0.3 is 5.73 Å². The summed E-state index contributed by atoms with van der Waals surface area (Å²) >= 11 is 0. The van der Waals surface area contributed by atoms with Gasteiger partial charge in [-0.3, -0.25) is 9.59 Å². The summed E-state index contributed by atoms with van der Waals surface area (Å²) in [7, 11) is 0. The van der Waals surface area contributed by atoms with Gasteiger partial charge in [0.05, 0.1) is 11.9 Å². The van der Waals surface area contributed by atoms with Crippen molar-refractivity contribution in [3.63, 3.8) is 0 Å². The second-order valence-corrected chi connectivity index (χ2v) is 5.59. The van der Waals surface area contributed by atoms with Crippen LogP contribution in [-0.2, 0) is 9.59 Å². The molecule has 0 aliphatic rings. The first-order chi connectivity index (χ1) is 12.6. The van der Waals surface area contributed by atoms with Crippen LogP contribution in [-0.4, -0.2) is 27.8 Å².